The van der Waals surface area contributed by atoms with Gasteiger partial charge in [0.2, 0.25) is 0 Å². The van der Waals surface area contributed by atoms with Crippen LogP contribution in [-0.4, -0.2) is 21.0 Å². The molecule has 0 amide bonds. The second-order valence-corrected chi connectivity index (χ2v) is 5.69. The zero-order valence-corrected chi connectivity index (χ0v) is 13.1. The van der Waals surface area contributed by atoms with Crippen LogP contribution in [0.5, 0.6) is 0 Å². The van der Waals surface area contributed by atoms with E-state index in [2.05, 4.69) is 18.9 Å². The number of rotatable bonds is 9. The van der Waals surface area contributed by atoms with Crippen LogP contribution in [-0.2, 0) is 13.5 Å². The Balaban J connectivity index is 2.25. The molecule has 1 aromatic heterocycles. The average Bonchev–Trinajstić information content (AvgIpc) is 2.60. The zero-order chi connectivity index (χ0) is 14.3. The predicted molar refractivity (Wildman–Crippen MR) is 80.4 cm³/mol. The van der Waals surface area contributed by atoms with Crippen molar-refractivity contribution < 1.29 is 5.11 Å². The number of nitrogens with zero attached hydrogens (tertiary/aromatic N) is 2. The van der Waals surface area contributed by atoms with Gasteiger partial charge in [-0.2, -0.15) is 5.10 Å². The van der Waals surface area contributed by atoms with Crippen LogP contribution in [0.3, 0.4) is 0 Å². The number of aliphatic hydroxyl groups excluding tert-OH is 1. The Morgan fingerprint density at radius 3 is 2.32 bits per heavy atom. The largest absolute Gasteiger partial charge is 0.393 e. The van der Waals surface area contributed by atoms with Gasteiger partial charge in [-0.3, -0.25) is 4.68 Å². The van der Waals surface area contributed by atoms with Crippen molar-refractivity contribution in [3.8, 4) is 0 Å². The lowest BCUT2D eigenvalue weighted by atomic mass is 10.0. The molecule has 0 saturated heterocycles. The van der Waals surface area contributed by atoms with E-state index in [-0.39, 0.29) is 6.10 Å². The van der Waals surface area contributed by atoms with Gasteiger partial charge in [0, 0.05) is 19.2 Å². The van der Waals surface area contributed by atoms with Crippen LogP contribution in [0.1, 0.15) is 68.8 Å². The van der Waals surface area contributed by atoms with E-state index >= 15 is 0 Å². The summed E-state index contributed by atoms with van der Waals surface area (Å²) in [7, 11) is 1.96. The van der Waals surface area contributed by atoms with Gasteiger partial charge in [-0.1, -0.05) is 45.4 Å². The Morgan fingerprint density at radius 2 is 1.74 bits per heavy atom. The number of aromatic nitrogens is 2. The van der Waals surface area contributed by atoms with Crippen LogP contribution in [0.4, 0.5) is 0 Å². The normalized spacial score (nSPS) is 12.9. The van der Waals surface area contributed by atoms with Gasteiger partial charge in [-0.05, 0) is 25.8 Å². The minimum absolute atomic E-state index is 0.215. The Labute approximate surface area is 118 Å². The first kappa shape index (κ1) is 16.2. The fourth-order valence-electron chi connectivity index (χ4n) is 2.61. The summed E-state index contributed by atoms with van der Waals surface area (Å²) in [6.45, 7) is 6.34. The molecule has 0 aromatic carbocycles. The average molecular weight is 266 g/mol. The lowest BCUT2D eigenvalue weighted by Gasteiger charge is -2.11. The molecule has 1 atom stereocenters. The lowest BCUT2D eigenvalue weighted by Crippen LogP contribution is -2.11. The number of aryl methyl sites for hydroxylation is 2. The molecule has 0 fully saturated rings. The summed E-state index contributed by atoms with van der Waals surface area (Å²) in [5.74, 6) is 0. The molecular weight excluding hydrogens is 236 g/mol. The third kappa shape index (κ3) is 5.35. The number of hydrogen-bond donors (Lipinski definition) is 1. The molecule has 0 radical (unpaired) electrons. The molecule has 1 heterocycles. The maximum atomic E-state index is 10.1. The molecule has 0 aliphatic rings. The van der Waals surface area contributed by atoms with E-state index in [0.29, 0.717) is 0 Å². The Bertz CT molecular complexity index is 371. The second kappa shape index (κ2) is 8.36. The van der Waals surface area contributed by atoms with Gasteiger partial charge in [0.25, 0.3) is 0 Å². The molecule has 1 N–H and O–H groups in total. The van der Waals surface area contributed by atoms with E-state index in [1.54, 1.807) is 0 Å². The first-order chi connectivity index (χ1) is 9.06. The topological polar surface area (TPSA) is 38.1 Å². The molecule has 3 nitrogen and oxygen atoms in total. The van der Waals surface area contributed by atoms with Crippen LogP contribution in [0.25, 0.3) is 0 Å². The summed E-state index contributed by atoms with van der Waals surface area (Å²) < 4.78 is 1.90. The van der Waals surface area contributed by atoms with Crippen LogP contribution in [0.15, 0.2) is 0 Å². The highest BCUT2D eigenvalue weighted by atomic mass is 16.3. The standard InChI is InChI=1S/C16H30N2O/c1-5-6-7-8-9-10-11-15(19)12-16-13(2)17-18(4)14(16)3/h15,19H,5-12H2,1-4H3. The molecule has 1 unspecified atom stereocenters. The molecule has 19 heavy (non-hydrogen) atoms. The van der Waals surface area contributed by atoms with Crippen molar-refractivity contribution in [1.82, 2.24) is 9.78 Å². The van der Waals surface area contributed by atoms with Crippen molar-refractivity contribution in [3.63, 3.8) is 0 Å². The zero-order valence-electron chi connectivity index (χ0n) is 13.1. The SMILES string of the molecule is CCCCCCCCC(O)Cc1c(C)nn(C)c1C. The highest BCUT2D eigenvalue weighted by Gasteiger charge is 2.13. The summed E-state index contributed by atoms with van der Waals surface area (Å²) >= 11 is 0. The minimum Gasteiger partial charge on any atom is -0.393 e. The van der Waals surface area contributed by atoms with Crippen molar-refractivity contribution in [2.24, 2.45) is 7.05 Å². The van der Waals surface area contributed by atoms with Gasteiger partial charge in [0.1, 0.15) is 0 Å². The van der Waals surface area contributed by atoms with Crippen LogP contribution >= 0.6 is 0 Å². The molecule has 0 aliphatic heterocycles. The van der Waals surface area contributed by atoms with E-state index in [0.717, 1.165) is 25.0 Å². The number of unbranched alkanes of at least 4 members (excludes halogenated alkanes) is 5. The molecule has 3 heteroatoms. The van der Waals surface area contributed by atoms with Crippen molar-refractivity contribution in [3.05, 3.63) is 17.0 Å². The maximum absolute atomic E-state index is 10.1. The van der Waals surface area contributed by atoms with Crippen molar-refractivity contribution in [2.75, 3.05) is 0 Å². The molecule has 0 spiro atoms. The molecular formula is C16H30N2O. The van der Waals surface area contributed by atoms with Crippen molar-refractivity contribution in [1.29, 1.82) is 0 Å². The third-order valence-electron chi connectivity index (χ3n) is 3.99. The van der Waals surface area contributed by atoms with Crippen molar-refractivity contribution in [2.45, 2.75) is 78.2 Å². The van der Waals surface area contributed by atoms with Crippen molar-refractivity contribution >= 4 is 0 Å². The van der Waals surface area contributed by atoms with Gasteiger partial charge in [-0.15, -0.1) is 0 Å². The minimum atomic E-state index is -0.215. The fraction of sp³-hybridized carbons (Fsp3) is 0.812. The first-order valence-corrected chi connectivity index (χ1v) is 7.73. The maximum Gasteiger partial charge on any atom is 0.0629 e. The predicted octanol–water partition coefficient (Wildman–Crippen LogP) is 3.69. The van der Waals surface area contributed by atoms with E-state index in [9.17, 15) is 5.11 Å². The van der Waals surface area contributed by atoms with Crippen LogP contribution < -0.4 is 0 Å². The van der Waals surface area contributed by atoms with E-state index in [4.69, 9.17) is 0 Å². The highest BCUT2D eigenvalue weighted by Crippen LogP contribution is 2.17. The quantitative estimate of drug-likeness (QED) is 0.692. The molecule has 1 aromatic rings. The summed E-state index contributed by atoms with van der Waals surface area (Å²) in [6.07, 6.45) is 9.14. The summed E-state index contributed by atoms with van der Waals surface area (Å²) in [6, 6.07) is 0. The fourth-order valence-corrected chi connectivity index (χ4v) is 2.61. The third-order valence-corrected chi connectivity index (χ3v) is 3.99. The van der Waals surface area contributed by atoms with Crippen LogP contribution in [0, 0.1) is 13.8 Å². The highest BCUT2D eigenvalue weighted by molar-refractivity contribution is 5.24. The lowest BCUT2D eigenvalue weighted by molar-refractivity contribution is 0.160. The smallest absolute Gasteiger partial charge is 0.0629 e. The number of aliphatic hydroxyl groups is 1. The van der Waals surface area contributed by atoms with E-state index in [1.165, 1.54) is 43.4 Å². The first-order valence-electron chi connectivity index (χ1n) is 7.73. The second-order valence-electron chi connectivity index (χ2n) is 5.69. The van der Waals surface area contributed by atoms with Gasteiger partial charge in [-0.25, -0.2) is 0 Å². The van der Waals surface area contributed by atoms with Gasteiger partial charge in [0.05, 0.1) is 11.8 Å². The monoisotopic (exact) mass is 266 g/mol. The molecule has 0 saturated carbocycles. The van der Waals surface area contributed by atoms with E-state index < -0.39 is 0 Å². The molecule has 110 valence electrons. The number of hydrogen-bond acceptors (Lipinski definition) is 2. The van der Waals surface area contributed by atoms with Crippen LogP contribution in [0.2, 0.25) is 0 Å². The Kier molecular flexibility index (Phi) is 7.14. The summed E-state index contributed by atoms with van der Waals surface area (Å²) in [5.41, 5.74) is 3.46. The van der Waals surface area contributed by atoms with Gasteiger partial charge in [0.15, 0.2) is 0 Å². The van der Waals surface area contributed by atoms with Gasteiger partial charge < -0.3 is 5.11 Å². The van der Waals surface area contributed by atoms with Gasteiger partial charge >= 0.3 is 0 Å². The Hall–Kier alpha value is -0.830. The van der Waals surface area contributed by atoms with E-state index in [1.807, 2.05) is 18.7 Å². The summed E-state index contributed by atoms with van der Waals surface area (Å²) in [5, 5.41) is 14.5. The summed E-state index contributed by atoms with van der Waals surface area (Å²) in [4.78, 5) is 0. The molecule has 0 aliphatic carbocycles. The molecule has 1 rings (SSSR count). The molecule has 0 bridgehead atoms. The Morgan fingerprint density at radius 1 is 1.11 bits per heavy atom.